The zero-order chi connectivity index (χ0) is 21.5. The van der Waals surface area contributed by atoms with Crippen molar-refractivity contribution >= 4 is 11.6 Å². The van der Waals surface area contributed by atoms with Crippen LogP contribution in [0.25, 0.3) is 11.1 Å². The molecule has 1 nitrogen and oxygen atoms in total. The molecule has 0 saturated heterocycles. The fourth-order valence-corrected chi connectivity index (χ4v) is 3.14. The first-order valence-electron chi connectivity index (χ1n) is 7.64. The van der Waals surface area contributed by atoms with Crippen molar-refractivity contribution in [2.24, 2.45) is 0 Å². The highest BCUT2D eigenvalue weighted by atomic mass is 35.5. The molecule has 0 amide bonds. The minimum Gasteiger partial charge on any atom is -0.380 e. The van der Waals surface area contributed by atoms with E-state index in [1.165, 1.54) is 13.0 Å². The summed E-state index contributed by atoms with van der Waals surface area (Å²) in [5.74, 6) is -0.867. The molecule has 0 aromatic heterocycles. The quantitative estimate of drug-likeness (QED) is 0.478. The highest BCUT2D eigenvalue weighted by molar-refractivity contribution is 6.33. The van der Waals surface area contributed by atoms with Gasteiger partial charge in [-0.2, -0.15) is 26.3 Å². The van der Waals surface area contributed by atoms with Gasteiger partial charge in [0.25, 0.3) is 0 Å². The van der Waals surface area contributed by atoms with E-state index in [-0.39, 0.29) is 16.7 Å². The summed E-state index contributed by atoms with van der Waals surface area (Å²) in [6.45, 7) is 0.787. The first-order chi connectivity index (χ1) is 12.7. The highest BCUT2D eigenvalue weighted by Gasteiger charge is 2.74. The molecule has 10 heteroatoms. The summed E-state index contributed by atoms with van der Waals surface area (Å²) in [7, 11) is 1.16. The topological polar surface area (TPSA) is 9.23 Å². The van der Waals surface area contributed by atoms with Crippen LogP contribution in [0.3, 0.4) is 0 Å². The van der Waals surface area contributed by atoms with E-state index in [0.29, 0.717) is 12.1 Å². The zero-order valence-electron chi connectivity index (χ0n) is 14.4. The van der Waals surface area contributed by atoms with Crippen LogP contribution in [0.5, 0.6) is 0 Å². The van der Waals surface area contributed by atoms with Gasteiger partial charge in [-0.15, -0.1) is 0 Å². The Hall–Kier alpha value is -1.87. The van der Waals surface area contributed by atoms with Gasteiger partial charge in [-0.1, -0.05) is 29.3 Å². The van der Waals surface area contributed by atoms with Gasteiger partial charge >= 0.3 is 18.0 Å². The first kappa shape index (κ1) is 22.4. The third kappa shape index (κ3) is 3.82. The largest absolute Gasteiger partial charge is 0.435 e. The number of ether oxygens (including phenoxy) is 1. The lowest BCUT2D eigenvalue weighted by Crippen LogP contribution is -2.50. The Labute approximate surface area is 159 Å². The van der Waals surface area contributed by atoms with Crippen molar-refractivity contribution in [1.82, 2.24) is 0 Å². The van der Waals surface area contributed by atoms with Crippen LogP contribution in [0, 0.1) is 12.7 Å². The Morgan fingerprint density at radius 1 is 0.929 bits per heavy atom. The summed E-state index contributed by atoms with van der Waals surface area (Å²) in [5, 5.41) is -0.478. The molecule has 0 heterocycles. The molecule has 2 aromatic carbocycles. The van der Waals surface area contributed by atoms with Gasteiger partial charge < -0.3 is 4.74 Å². The number of aryl methyl sites for hydroxylation is 1. The van der Waals surface area contributed by atoms with E-state index in [1.807, 2.05) is 0 Å². The van der Waals surface area contributed by atoms with Crippen LogP contribution in [0.4, 0.5) is 35.1 Å². The van der Waals surface area contributed by atoms with Gasteiger partial charge in [-0.3, -0.25) is 0 Å². The molecular weight excluding hydrogens is 420 g/mol. The van der Waals surface area contributed by atoms with Gasteiger partial charge in [0.2, 0.25) is 0 Å². The second-order valence-corrected chi connectivity index (χ2v) is 6.46. The van der Waals surface area contributed by atoms with Crippen LogP contribution < -0.4 is 0 Å². The van der Waals surface area contributed by atoms with E-state index in [2.05, 4.69) is 0 Å². The van der Waals surface area contributed by atoms with Crippen LogP contribution in [0.15, 0.2) is 30.3 Å². The van der Waals surface area contributed by atoms with E-state index < -0.39 is 46.6 Å². The number of halogens is 9. The van der Waals surface area contributed by atoms with Gasteiger partial charge in [0, 0.05) is 18.2 Å². The number of hydrogen-bond acceptors (Lipinski definition) is 1. The average molecular weight is 433 g/mol. The molecule has 0 aliphatic heterocycles. The number of hydrogen-bond donors (Lipinski definition) is 0. The Balaban J connectivity index is 3.02. The maximum absolute atomic E-state index is 14.9. The number of methoxy groups -OCH3 is 1. The predicted molar refractivity (Wildman–Crippen MR) is 87.2 cm³/mol. The van der Waals surface area contributed by atoms with Crippen LogP contribution in [0.2, 0.25) is 5.02 Å². The summed E-state index contributed by atoms with van der Waals surface area (Å²) in [5.41, 5.74) is -8.73. The van der Waals surface area contributed by atoms with Gasteiger partial charge in [0.1, 0.15) is 5.82 Å². The summed E-state index contributed by atoms with van der Waals surface area (Å²) in [6.07, 6.45) is -12.6. The van der Waals surface area contributed by atoms with E-state index in [4.69, 9.17) is 16.3 Å². The smallest absolute Gasteiger partial charge is 0.380 e. The van der Waals surface area contributed by atoms with Gasteiger partial charge in [-0.05, 0) is 36.2 Å². The molecule has 0 N–H and O–H groups in total. The zero-order valence-corrected chi connectivity index (χ0v) is 15.2. The van der Waals surface area contributed by atoms with E-state index >= 15 is 0 Å². The maximum Gasteiger partial charge on any atom is 0.435 e. The standard InChI is InChI=1S/C18H13ClF8O/c1-9-5-10(8-28-2)15(12-4-3-11(20)7-14(12)19)13(6-9)16(21,17(22,23)24)18(25,26)27/h3-7H,8H2,1-2H3. The summed E-state index contributed by atoms with van der Waals surface area (Å²) < 4.78 is 113. The molecule has 28 heavy (non-hydrogen) atoms. The molecule has 2 rings (SSSR count). The van der Waals surface area contributed by atoms with Crippen LogP contribution >= 0.6 is 11.6 Å². The summed E-state index contributed by atoms with van der Waals surface area (Å²) in [4.78, 5) is 0. The van der Waals surface area contributed by atoms with Crippen molar-refractivity contribution < 1.29 is 39.9 Å². The van der Waals surface area contributed by atoms with Crippen molar-refractivity contribution in [3.63, 3.8) is 0 Å². The van der Waals surface area contributed by atoms with Crippen molar-refractivity contribution in [3.8, 4) is 11.1 Å². The molecule has 0 saturated carbocycles. The molecule has 0 atom stereocenters. The van der Waals surface area contributed by atoms with Crippen molar-refractivity contribution in [1.29, 1.82) is 0 Å². The van der Waals surface area contributed by atoms with Gasteiger partial charge in [-0.25, -0.2) is 8.78 Å². The maximum atomic E-state index is 14.9. The predicted octanol–water partition coefficient (Wildman–Crippen LogP) is 6.89. The first-order valence-corrected chi connectivity index (χ1v) is 8.02. The average Bonchev–Trinajstić information content (AvgIpc) is 2.52. The Bertz CT molecular complexity index is 859. The van der Waals surface area contributed by atoms with E-state index in [0.717, 1.165) is 19.2 Å². The Morgan fingerprint density at radius 3 is 1.96 bits per heavy atom. The minimum atomic E-state index is -6.31. The third-order valence-corrected chi connectivity index (χ3v) is 4.33. The van der Waals surface area contributed by atoms with E-state index in [1.54, 1.807) is 0 Å². The fourth-order valence-electron chi connectivity index (χ4n) is 2.88. The van der Waals surface area contributed by atoms with Gasteiger partial charge in [0.15, 0.2) is 0 Å². The van der Waals surface area contributed by atoms with Crippen molar-refractivity contribution in [2.75, 3.05) is 7.11 Å². The molecule has 0 spiro atoms. The summed E-state index contributed by atoms with van der Waals surface area (Å²) in [6, 6.07) is 4.09. The van der Waals surface area contributed by atoms with Crippen LogP contribution in [-0.4, -0.2) is 19.5 Å². The lowest BCUT2D eigenvalue weighted by Gasteiger charge is -2.33. The molecule has 0 aliphatic rings. The molecule has 0 radical (unpaired) electrons. The Morgan fingerprint density at radius 2 is 1.50 bits per heavy atom. The van der Waals surface area contributed by atoms with Crippen molar-refractivity contribution in [3.05, 3.63) is 57.9 Å². The van der Waals surface area contributed by atoms with E-state index in [9.17, 15) is 35.1 Å². The molecular formula is C18H13ClF8O. The molecule has 0 unspecified atom stereocenters. The number of rotatable bonds is 4. The van der Waals surface area contributed by atoms with Crippen LogP contribution in [-0.2, 0) is 17.0 Å². The monoisotopic (exact) mass is 432 g/mol. The molecule has 0 fully saturated rings. The SMILES string of the molecule is COCc1cc(C)cc(C(F)(C(F)(F)F)C(F)(F)F)c1-c1ccc(F)cc1Cl. The number of alkyl halides is 7. The Kier molecular flexibility index (Phi) is 6.02. The van der Waals surface area contributed by atoms with Crippen LogP contribution in [0.1, 0.15) is 16.7 Å². The molecule has 0 aliphatic carbocycles. The minimum absolute atomic E-state index is 0.0560. The third-order valence-electron chi connectivity index (χ3n) is 4.02. The second-order valence-electron chi connectivity index (χ2n) is 6.06. The molecule has 0 bridgehead atoms. The normalized spacial score (nSPS) is 13.1. The fraction of sp³-hybridized carbons (Fsp3) is 0.333. The lowest BCUT2D eigenvalue weighted by atomic mass is 9.83. The number of benzene rings is 2. The molecule has 2 aromatic rings. The van der Waals surface area contributed by atoms with Gasteiger partial charge in [0.05, 0.1) is 11.6 Å². The van der Waals surface area contributed by atoms with Crippen molar-refractivity contribution in [2.45, 2.75) is 31.6 Å². The highest BCUT2D eigenvalue weighted by Crippen LogP contribution is 2.56. The summed E-state index contributed by atoms with van der Waals surface area (Å²) >= 11 is 5.86. The molecule has 154 valence electrons. The lowest BCUT2D eigenvalue weighted by molar-refractivity contribution is -0.348. The second kappa shape index (κ2) is 7.51.